The highest BCUT2D eigenvalue weighted by atomic mass is 32.2. The summed E-state index contributed by atoms with van der Waals surface area (Å²) >= 11 is 1.24. The van der Waals surface area contributed by atoms with Crippen molar-refractivity contribution in [2.75, 3.05) is 36.4 Å². The standard InChI is InChI=1S/C20H22F3N3O5S/c1-3-26(32-24-17-9-4-14(19(28)29)12-18(17)30-2)11-10-25(13-27)15-5-7-16(8-6-15)31-20(21,22)23/h4-9,12-13,24H,3,10-11H2,1-2H3,(H,28,29). The van der Waals surface area contributed by atoms with Crippen LogP contribution in [-0.4, -0.2) is 54.9 Å². The number of hydrogen-bond acceptors (Lipinski definition) is 7. The van der Waals surface area contributed by atoms with Gasteiger partial charge in [-0.25, -0.2) is 9.10 Å². The van der Waals surface area contributed by atoms with Crippen LogP contribution in [0.25, 0.3) is 0 Å². The van der Waals surface area contributed by atoms with E-state index in [0.29, 0.717) is 36.6 Å². The molecule has 0 unspecified atom stereocenters. The molecule has 0 saturated carbocycles. The summed E-state index contributed by atoms with van der Waals surface area (Å²) in [6.07, 6.45) is -4.19. The van der Waals surface area contributed by atoms with Crippen molar-refractivity contribution in [2.24, 2.45) is 0 Å². The molecule has 0 radical (unpaired) electrons. The minimum atomic E-state index is -4.78. The van der Waals surface area contributed by atoms with Crippen LogP contribution in [0.5, 0.6) is 11.5 Å². The SMILES string of the molecule is CCN(CCN(C=O)c1ccc(OC(F)(F)F)cc1)SNc1ccc(C(=O)O)cc1OC. The highest BCUT2D eigenvalue weighted by Crippen LogP contribution is 2.29. The molecule has 0 aliphatic heterocycles. The van der Waals surface area contributed by atoms with Gasteiger partial charge in [0.25, 0.3) is 0 Å². The van der Waals surface area contributed by atoms with Crippen molar-refractivity contribution in [1.82, 2.24) is 4.31 Å². The molecule has 2 aromatic rings. The van der Waals surface area contributed by atoms with Gasteiger partial charge in [-0.15, -0.1) is 13.2 Å². The number of nitrogens with one attached hydrogen (secondary N) is 1. The van der Waals surface area contributed by atoms with E-state index in [1.807, 2.05) is 11.2 Å². The fourth-order valence-corrected chi connectivity index (χ4v) is 3.29. The molecule has 8 nitrogen and oxygen atoms in total. The van der Waals surface area contributed by atoms with Crippen LogP contribution < -0.4 is 19.1 Å². The van der Waals surface area contributed by atoms with Gasteiger partial charge in [0.15, 0.2) is 0 Å². The first-order valence-electron chi connectivity index (χ1n) is 9.33. The summed E-state index contributed by atoms with van der Waals surface area (Å²) in [5, 5.41) is 9.08. The summed E-state index contributed by atoms with van der Waals surface area (Å²) in [5.74, 6) is -1.07. The fraction of sp³-hybridized carbons (Fsp3) is 0.300. The largest absolute Gasteiger partial charge is 0.573 e. The third kappa shape index (κ3) is 7.54. The van der Waals surface area contributed by atoms with E-state index in [1.165, 1.54) is 48.4 Å². The van der Waals surface area contributed by atoms with E-state index in [2.05, 4.69) is 9.46 Å². The Balaban J connectivity index is 1.95. The van der Waals surface area contributed by atoms with Crippen LogP contribution in [0.4, 0.5) is 24.5 Å². The number of likely N-dealkylation sites (N-methyl/N-ethyl adjacent to an activating group) is 1. The molecule has 0 fully saturated rings. The summed E-state index contributed by atoms with van der Waals surface area (Å²) in [6, 6.07) is 9.45. The Morgan fingerprint density at radius 2 is 1.88 bits per heavy atom. The lowest BCUT2D eigenvalue weighted by Gasteiger charge is -2.24. The average Bonchev–Trinajstić information content (AvgIpc) is 2.75. The van der Waals surface area contributed by atoms with Gasteiger partial charge in [-0.1, -0.05) is 6.92 Å². The van der Waals surface area contributed by atoms with Gasteiger partial charge in [0.1, 0.15) is 11.5 Å². The first-order valence-corrected chi connectivity index (χ1v) is 10.1. The lowest BCUT2D eigenvalue weighted by atomic mass is 10.2. The molecular formula is C20H22F3N3O5S. The molecule has 0 saturated heterocycles. The number of anilines is 2. The van der Waals surface area contributed by atoms with E-state index in [0.717, 1.165) is 12.1 Å². The number of carbonyl (C=O) groups excluding carboxylic acids is 1. The molecule has 174 valence electrons. The number of ether oxygens (including phenoxy) is 2. The van der Waals surface area contributed by atoms with Gasteiger partial charge < -0.3 is 24.2 Å². The predicted molar refractivity (Wildman–Crippen MR) is 115 cm³/mol. The third-order valence-electron chi connectivity index (χ3n) is 4.21. The average molecular weight is 473 g/mol. The molecule has 2 N–H and O–H groups in total. The van der Waals surface area contributed by atoms with Crippen LogP contribution in [0.15, 0.2) is 42.5 Å². The maximum Gasteiger partial charge on any atom is 0.573 e. The number of benzene rings is 2. The maximum atomic E-state index is 12.3. The van der Waals surface area contributed by atoms with Gasteiger partial charge in [0.2, 0.25) is 6.41 Å². The Bertz CT molecular complexity index is 912. The van der Waals surface area contributed by atoms with E-state index in [1.54, 1.807) is 6.07 Å². The molecule has 0 atom stereocenters. The third-order valence-corrected chi connectivity index (χ3v) is 5.22. The molecular weight excluding hydrogens is 451 g/mol. The predicted octanol–water partition coefficient (Wildman–Crippen LogP) is 4.25. The zero-order chi connectivity index (χ0) is 23.7. The van der Waals surface area contributed by atoms with E-state index in [4.69, 9.17) is 9.84 Å². The topological polar surface area (TPSA) is 91.3 Å². The van der Waals surface area contributed by atoms with Gasteiger partial charge in [-0.3, -0.25) is 4.79 Å². The molecule has 0 spiro atoms. The summed E-state index contributed by atoms with van der Waals surface area (Å²) in [4.78, 5) is 23.9. The van der Waals surface area contributed by atoms with Gasteiger partial charge in [0, 0.05) is 37.5 Å². The second-order valence-corrected chi connectivity index (χ2v) is 7.18. The van der Waals surface area contributed by atoms with Crippen molar-refractivity contribution in [3.8, 4) is 11.5 Å². The van der Waals surface area contributed by atoms with Crippen LogP contribution in [0, 0.1) is 0 Å². The number of amides is 1. The summed E-state index contributed by atoms with van der Waals surface area (Å²) < 4.78 is 50.9. The minimum absolute atomic E-state index is 0.0954. The Kier molecular flexibility index (Phi) is 9.02. The van der Waals surface area contributed by atoms with E-state index in [-0.39, 0.29) is 17.9 Å². The number of alkyl halides is 3. The fourth-order valence-electron chi connectivity index (χ4n) is 2.59. The number of carboxylic acid groups (broad SMARTS) is 1. The Hall–Kier alpha value is -3.12. The quantitative estimate of drug-likeness (QED) is 0.349. The zero-order valence-electron chi connectivity index (χ0n) is 17.3. The van der Waals surface area contributed by atoms with Crippen molar-refractivity contribution in [1.29, 1.82) is 0 Å². The van der Waals surface area contributed by atoms with Crippen LogP contribution >= 0.6 is 12.1 Å². The van der Waals surface area contributed by atoms with E-state index >= 15 is 0 Å². The monoisotopic (exact) mass is 473 g/mol. The van der Waals surface area contributed by atoms with Gasteiger partial charge in [-0.2, -0.15) is 0 Å². The lowest BCUT2D eigenvalue weighted by molar-refractivity contribution is -0.274. The summed E-state index contributed by atoms with van der Waals surface area (Å²) in [7, 11) is 1.43. The van der Waals surface area contributed by atoms with Gasteiger partial charge in [-0.05, 0) is 42.5 Å². The van der Waals surface area contributed by atoms with Crippen molar-refractivity contribution in [2.45, 2.75) is 13.3 Å². The maximum absolute atomic E-state index is 12.3. The zero-order valence-corrected chi connectivity index (χ0v) is 18.1. The van der Waals surface area contributed by atoms with Crippen molar-refractivity contribution >= 4 is 35.9 Å². The molecule has 12 heteroatoms. The molecule has 1 amide bonds. The van der Waals surface area contributed by atoms with Crippen molar-refractivity contribution in [3.05, 3.63) is 48.0 Å². The Labute approximate surface area is 187 Å². The number of carboxylic acids is 1. The Morgan fingerprint density at radius 1 is 1.19 bits per heavy atom. The van der Waals surface area contributed by atoms with Crippen LogP contribution in [0.1, 0.15) is 17.3 Å². The van der Waals surface area contributed by atoms with Gasteiger partial charge in [0.05, 0.1) is 18.4 Å². The molecule has 2 aromatic carbocycles. The highest BCUT2D eigenvalue weighted by molar-refractivity contribution is 7.98. The number of carbonyl (C=O) groups is 2. The summed E-state index contributed by atoms with van der Waals surface area (Å²) in [5.41, 5.74) is 1.10. The lowest BCUT2D eigenvalue weighted by Crippen LogP contribution is -2.32. The molecule has 32 heavy (non-hydrogen) atoms. The molecule has 0 aromatic heterocycles. The molecule has 0 aliphatic carbocycles. The van der Waals surface area contributed by atoms with Gasteiger partial charge >= 0.3 is 12.3 Å². The smallest absolute Gasteiger partial charge is 0.495 e. The summed E-state index contributed by atoms with van der Waals surface area (Å²) in [6.45, 7) is 3.23. The van der Waals surface area contributed by atoms with Crippen LogP contribution in [0.3, 0.4) is 0 Å². The first-order chi connectivity index (χ1) is 15.2. The molecule has 2 rings (SSSR count). The molecule has 0 aliphatic rings. The normalized spacial score (nSPS) is 11.2. The number of rotatable bonds is 12. The number of halogens is 3. The second kappa shape index (κ2) is 11.5. The minimum Gasteiger partial charge on any atom is -0.495 e. The van der Waals surface area contributed by atoms with Crippen molar-refractivity contribution in [3.63, 3.8) is 0 Å². The second-order valence-electron chi connectivity index (χ2n) is 6.28. The van der Waals surface area contributed by atoms with Crippen molar-refractivity contribution < 1.29 is 37.3 Å². The number of nitrogens with zero attached hydrogens (tertiary/aromatic N) is 2. The number of methoxy groups -OCH3 is 1. The van der Waals surface area contributed by atoms with Crippen LogP contribution in [0.2, 0.25) is 0 Å². The number of hydrogen-bond donors (Lipinski definition) is 2. The molecule has 0 heterocycles. The highest BCUT2D eigenvalue weighted by Gasteiger charge is 2.31. The Morgan fingerprint density at radius 3 is 2.41 bits per heavy atom. The van der Waals surface area contributed by atoms with E-state index < -0.39 is 12.3 Å². The first kappa shape index (κ1) is 25.1. The molecule has 0 bridgehead atoms. The number of aromatic carboxylic acids is 1. The van der Waals surface area contributed by atoms with Crippen LogP contribution in [-0.2, 0) is 4.79 Å². The van der Waals surface area contributed by atoms with E-state index in [9.17, 15) is 22.8 Å².